The molecular weight excluding hydrogens is 238 g/mol. The van der Waals surface area contributed by atoms with Crippen LogP contribution in [0.4, 0.5) is 0 Å². The van der Waals surface area contributed by atoms with Crippen LogP contribution in [0.5, 0.6) is 0 Å². The molecule has 0 bridgehead atoms. The number of carboxylic acid groups (broad SMARTS) is 1. The van der Waals surface area contributed by atoms with Crippen molar-refractivity contribution in [1.82, 2.24) is 5.32 Å². The molecule has 0 saturated carbocycles. The summed E-state index contributed by atoms with van der Waals surface area (Å²) in [6.45, 7) is 7.50. The number of rotatable bonds is 7. The lowest BCUT2D eigenvalue weighted by Crippen LogP contribution is -2.33. The average molecular weight is 263 g/mol. The standard InChI is InChI=1S/C16H25NO2/c1-16(2,3)15(13-9-5-4-6-10-13)17-12-8-7-11-14(18)19/h4-6,9-10,15,17H,7-8,11-12H2,1-3H3,(H,18,19). The highest BCUT2D eigenvalue weighted by molar-refractivity contribution is 5.66. The molecular formula is C16H25NO2. The van der Waals surface area contributed by atoms with Gasteiger partial charge in [-0.05, 0) is 30.4 Å². The fourth-order valence-corrected chi connectivity index (χ4v) is 2.22. The third-order valence-corrected chi connectivity index (χ3v) is 3.16. The summed E-state index contributed by atoms with van der Waals surface area (Å²) in [4.78, 5) is 10.5. The summed E-state index contributed by atoms with van der Waals surface area (Å²) in [5, 5.41) is 12.2. The Morgan fingerprint density at radius 3 is 2.37 bits per heavy atom. The van der Waals surface area contributed by atoms with Crippen LogP contribution in [-0.4, -0.2) is 17.6 Å². The van der Waals surface area contributed by atoms with Crippen molar-refractivity contribution in [2.75, 3.05) is 6.54 Å². The van der Waals surface area contributed by atoms with Gasteiger partial charge < -0.3 is 10.4 Å². The molecule has 0 fully saturated rings. The Labute approximate surface area is 116 Å². The number of hydrogen-bond acceptors (Lipinski definition) is 2. The van der Waals surface area contributed by atoms with Crippen molar-refractivity contribution in [3.8, 4) is 0 Å². The summed E-state index contributed by atoms with van der Waals surface area (Å²) in [5.41, 5.74) is 1.42. The van der Waals surface area contributed by atoms with Gasteiger partial charge in [0, 0.05) is 12.5 Å². The lowest BCUT2D eigenvalue weighted by molar-refractivity contribution is -0.137. The number of unbranched alkanes of at least 4 members (excludes halogenated alkanes) is 1. The van der Waals surface area contributed by atoms with Gasteiger partial charge in [0.15, 0.2) is 0 Å². The summed E-state index contributed by atoms with van der Waals surface area (Å²) in [5.74, 6) is -0.713. The fraction of sp³-hybridized carbons (Fsp3) is 0.562. The molecule has 0 heterocycles. The lowest BCUT2D eigenvalue weighted by Gasteiger charge is -2.32. The number of carbonyl (C=O) groups is 1. The summed E-state index contributed by atoms with van der Waals surface area (Å²) >= 11 is 0. The molecule has 0 spiro atoms. The average Bonchev–Trinajstić information content (AvgIpc) is 2.32. The van der Waals surface area contributed by atoms with E-state index in [2.05, 4.69) is 50.4 Å². The van der Waals surface area contributed by atoms with Gasteiger partial charge >= 0.3 is 5.97 Å². The van der Waals surface area contributed by atoms with E-state index in [0.29, 0.717) is 6.04 Å². The molecule has 1 unspecified atom stereocenters. The summed E-state index contributed by atoms with van der Waals surface area (Å²) in [7, 11) is 0. The maximum atomic E-state index is 10.5. The second-order valence-electron chi connectivity index (χ2n) is 6.01. The number of hydrogen-bond donors (Lipinski definition) is 2. The first kappa shape index (κ1) is 15.7. The van der Waals surface area contributed by atoms with E-state index in [0.717, 1.165) is 19.4 Å². The molecule has 19 heavy (non-hydrogen) atoms. The van der Waals surface area contributed by atoms with Crippen LogP contribution in [0, 0.1) is 5.41 Å². The second-order valence-corrected chi connectivity index (χ2v) is 6.01. The minimum absolute atomic E-state index is 0.133. The van der Waals surface area contributed by atoms with Gasteiger partial charge in [-0.1, -0.05) is 51.1 Å². The van der Waals surface area contributed by atoms with Crippen LogP contribution in [-0.2, 0) is 4.79 Å². The minimum Gasteiger partial charge on any atom is -0.481 e. The van der Waals surface area contributed by atoms with Crippen LogP contribution in [0.25, 0.3) is 0 Å². The Morgan fingerprint density at radius 1 is 1.21 bits per heavy atom. The molecule has 1 aromatic carbocycles. The van der Waals surface area contributed by atoms with E-state index in [9.17, 15) is 4.79 Å². The van der Waals surface area contributed by atoms with Crippen LogP contribution in [0.15, 0.2) is 30.3 Å². The molecule has 0 saturated heterocycles. The van der Waals surface area contributed by atoms with E-state index in [1.807, 2.05) is 6.07 Å². The molecule has 1 aromatic rings. The van der Waals surface area contributed by atoms with Crippen LogP contribution < -0.4 is 5.32 Å². The number of benzene rings is 1. The van der Waals surface area contributed by atoms with Crippen molar-refractivity contribution in [3.63, 3.8) is 0 Å². The summed E-state index contributed by atoms with van der Waals surface area (Å²) < 4.78 is 0. The van der Waals surface area contributed by atoms with Crippen molar-refractivity contribution in [2.24, 2.45) is 5.41 Å². The highest BCUT2D eigenvalue weighted by atomic mass is 16.4. The van der Waals surface area contributed by atoms with Gasteiger partial charge in [0.05, 0.1) is 0 Å². The maximum absolute atomic E-state index is 10.5. The Morgan fingerprint density at radius 2 is 1.84 bits per heavy atom. The van der Waals surface area contributed by atoms with E-state index in [1.54, 1.807) is 0 Å². The molecule has 1 rings (SSSR count). The SMILES string of the molecule is CC(C)(C)C(NCCCCC(=O)O)c1ccccc1. The molecule has 3 heteroatoms. The Balaban J connectivity index is 2.51. The Bertz CT molecular complexity index is 381. The van der Waals surface area contributed by atoms with E-state index < -0.39 is 5.97 Å². The van der Waals surface area contributed by atoms with Crippen molar-refractivity contribution < 1.29 is 9.90 Å². The van der Waals surface area contributed by atoms with Gasteiger partial charge in [0.2, 0.25) is 0 Å². The van der Waals surface area contributed by atoms with Crippen molar-refractivity contribution in [2.45, 2.75) is 46.1 Å². The van der Waals surface area contributed by atoms with Crippen LogP contribution in [0.1, 0.15) is 51.6 Å². The molecule has 0 aliphatic rings. The quantitative estimate of drug-likeness (QED) is 0.739. The lowest BCUT2D eigenvalue weighted by atomic mass is 9.82. The first-order valence-electron chi connectivity index (χ1n) is 6.91. The third-order valence-electron chi connectivity index (χ3n) is 3.16. The molecule has 2 N–H and O–H groups in total. The predicted molar refractivity (Wildman–Crippen MR) is 78.1 cm³/mol. The first-order chi connectivity index (χ1) is 8.91. The molecule has 0 amide bonds. The molecule has 0 aliphatic carbocycles. The van der Waals surface area contributed by atoms with Gasteiger partial charge in [-0.3, -0.25) is 4.79 Å². The topological polar surface area (TPSA) is 49.3 Å². The van der Waals surface area contributed by atoms with Gasteiger partial charge in [0.25, 0.3) is 0 Å². The van der Waals surface area contributed by atoms with E-state index in [4.69, 9.17) is 5.11 Å². The largest absolute Gasteiger partial charge is 0.481 e. The van der Waals surface area contributed by atoms with Crippen LogP contribution in [0.2, 0.25) is 0 Å². The van der Waals surface area contributed by atoms with E-state index in [-0.39, 0.29) is 11.8 Å². The number of aliphatic carboxylic acids is 1. The Hall–Kier alpha value is -1.35. The maximum Gasteiger partial charge on any atom is 0.303 e. The minimum atomic E-state index is -0.713. The zero-order chi connectivity index (χ0) is 14.3. The monoisotopic (exact) mass is 263 g/mol. The summed E-state index contributed by atoms with van der Waals surface area (Å²) in [6, 6.07) is 10.7. The summed E-state index contributed by atoms with van der Waals surface area (Å²) in [6.07, 6.45) is 1.88. The molecule has 106 valence electrons. The van der Waals surface area contributed by atoms with Gasteiger partial charge in [-0.15, -0.1) is 0 Å². The molecule has 3 nitrogen and oxygen atoms in total. The Kier molecular flexibility index (Phi) is 6.03. The van der Waals surface area contributed by atoms with Crippen molar-refractivity contribution in [1.29, 1.82) is 0 Å². The zero-order valence-electron chi connectivity index (χ0n) is 12.1. The number of nitrogens with one attached hydrogen (secondary N) is 1. The van der Waals surface area contributed by atoms with Gasteiger partial charge in [0.1, 0.15) is 0 Å². The fourth-order valence-electron chi connectivity index (χ4n) is 2.22. The zero-order valence-corrected chi connectivity index (χ0v) is 12.1. The van der Waals surface area contributed by atoms with Crippen molar-refractivity contribution in [3.05, 3.63) is 35.9 Å². The highest BCUT2D eigenvalue weighted by Gasteiger charge is 2.25. The highest BCUT2D eigenvalue weighted by Crippen LogP contribution is 2.32. The van der Waals surface area contributed by atoms with Crippen LogP contribution >= 0.6 is 0 Å². The molecule has 0 aromatic heterocycles. The van der Waals surface area contributed by atoms with Crippen molar-refractivity contribution >= 4 is 5.97 Å². The predicted octanol–water partition coefficient (Wildman–Crippen LogP) is 3.62. The normalized spacial score (nSPS) is 13.2. The smallest absolute Gasteiger partial charge is 0.303 e. The third kappa shape index (κ3) is 5.88. The van der Waals surface area contributed by atoms with E-state index in [1.165, 1.54) is 5.56 Å². The molecule has 1 atom stereocenters. The van der Waals surface area contributed by atoms with Gasteiger partial charge in [-0.2, -0.15) is 0 Å². The molecule has 0 aliphatic heterocycles. The first-order valence-corrected chi connectivity index (χ1v) is 6.91. The van der Waals surface area contributed by atoms with Crippen LogP contribution in [0.3, 0.4) is 0 Å². The van der Waals surface area contributed by atoms with E-state index >= 15 is 0 Å². The number of carboxylic acids is 1. The van der Waals surface area contributed by atoms with Gasteiger partial charge in [-0.25, -0.2) is 0 Å². The second kappa shape index (κ2) is 7.29. The molecule has 0 radical (unpaired) electrons.